The molecule has 3 N–H and O–H groups in total. The predicted molar refractivity (Wildman–Crippen MR) is 59.1 cm³/mol. The average molecular weight is 241 g/mol. The van der Waals surface area contributed by atoms with Crippen molar-refractivity contribution >= 4 is 11.9 Å². The Morgan fingerprint density at radius 2 is 2.12 bits per heavy atom. The minimum Gasteiger partial charge on any atom is -0.466 e. The van der Waals surface area contributed by atoms with Crippen LogP contribution in [0.1, 0.15) is 25.5 Å². The van der Waals surface area contributed by atoms with E-state index in [1.54, 1.807) is 6.92 Å². The van der Waals surface area contributed by atoms with Crippen molar-refractivity contribution in [3.05, 3.63) is 22.1 Å². The first-order valence-electron chi connectivity index (χ1n) is 5.30. The van der Waals surface area contributed by atoms with Crippen LogP contribution in [0.15, 0.2) is 10.9 Å². The van der Waals surface area contributed by atoms with Gasteiger partial charge in [-0.25, -0.2) is 0 Å². The third-order valence-corrected chi connectivity index (χ3v) is 1.99. The Morgan fingerprint density at radius 1 is 1.35 bits per heavy atom. The minimum absolute atomic E-state index is 0.0589. The summed E-state index contributed by atoms with van der Waals surface area (Å²) in [5.41, 5.74) is 0.334. The predicted octanol–water partition coefficient (Wildman–Crippen LogP) is -0.337. The summed E-state index contributed by atoms with van der Waals surface area (Å²) in [7, 11) is 0. The summed E-state index contributed by atoms with van der Waals surface area (Å²) in [4.78, 5) is 33.0. The molecule has 7 heteroatoms. The van der Waals surface area contributed by atoms with Gasteiger partial charge < -0.3 is 15.2 Å². The minimum atomic E-state index is -0.391. The Bertz CT molecular complexity index is 435. The molecule has 0 fully saturated rings. The van der Waals surface area contributed by atoms with E-state index in [0.717, 1.165) is 0 Å². The molecule has 1 aromatic rings. The molecule has 0 spiro atoms. The average Bonchev–Trinajstić information content (AvgIpc) is 2.70. The topological polar surface area (TPSA) is 104 Å². The van der Waals surface area contributed by atoms with Gasteiger partial charge in [0.15, 0.2) is 0 Å². The van der Waals surface area contributed by atoms with Crippen LogP contribution in [-0.4, -0.2) is 28.7 Å². The molecule has 0 radical (unpaired) electrons. The zero-order valence-corrected chi connectivity index (χ0v) is 9.54. The van der Waals surface area contributed by atoms with Crippen LogP contribution in [-0.2, 0) is 20.9 Å². The molecule has 1 aromatic heterocycles. The highest BCUT2D eigenvalue weighted by atomic mass is 16.5. The van der Waals surface area contributed by atoms with Crippen molar-refractivity contribution in [1.29, 1.82) is 0 Å². The first-order chi connectivity index (χ1) is 8.11. The van der Waals surface area contributed by atoms with Crippen molar-refractivity contribution in [3.63, 3.8) is 0 Å². The molecule has 94 valence electrons. The highest BCUT2D eigenvalue weighted by Crippen LogP contribution is 1.94. The van der Waals surface area contributed by atoms with Crippen molar-refractivity contribution in [3.8, 4) is 0 Å². The fourth-order valence-corrected chi connectivity index (χ4v) is 1.20. The maximum absolute atomic E-state index is 11.3. The summed E-state index contributed by atoms with van der Waals surface area (Å²) in [5.74, 6) is -0.655. The number of ether oxygens (including phenoxy) is 1. The number of carbonyl (C=O) groups is 2. The normalized spacial score (nSPS) is 9.94. The summed E-state index contributed by atoms with van der Waals surface area (Å²) in [6.45, 7) is 2.24. The SMILES string of the molecule is CCOC(=O)CCC(=O)NCc1cc(=O)[nH][nH]1. The smallest absolute Gasteiger partial charge is 0.306 e. The number of hydrogen-bond acceptors (Lipinski definition) is 4. The van der Waals surface area contributed by atoms with Gasteiger partial charge in [-0.3, -0.25) is 19.5 Å². The van der Waals surface area contributed by atoms with Crippen molar-refractivity contribution in [1.82, 2.24) is 15.5 Å². The third kappa shape index (κ3) is 5.01. The molecular weight excluding hydrogens is 226 g/mol. The Hall–Kier alpha value is -2.05. The first kappa shape index (κ1) is 13.0. The number of esters is 1. The zero-order chi connectivity index (χ0) is 12.7. The first-order valence-corrected chi connectivity index (χ1v) is 5.30. The Labute approximate surface area is 97.5 Å². The maximum Gasteiger partial charge on any atom is 0.306 e. The van der Waals surface area contributed by atoms with Gasteiger partial charge in [-0.2, -0.15) is 0 Å². The Morgan fingerprint density at radius 3 is 2.71 bits per heavy atom. The monoisotopic (exact) mass is 241 g/mol. The fourth-order valence-electron chi connectivity index (χ4n) is 1.20. The Balaban J connectivity index is 2.21. The Kier molecular flexibility index (Phi) is 4.99. The van der Waals surface area contributed by atoms with Gasteiger partial charge in [0.25, 0.3) is 5.56 Å². The summed E-state index contributed by atoms with van der Waals surface area (Å²) < 4.78 is 4.69. The lowest BCUT2D eigenvalue weighted by Gasteiger charge is -2.03. The van der Waals surface area contributed by atoms with Gasteiger partial charge in [-0.05, 0) is 6.92 Å². The van der Waals surface area contributed by atoms with Crippen LogP contribution in [0.3, 0.4) is 0 Å². The summed E-state index contributed by atoms with van der Waals surface area (Å²) in [6.07, 6.45) is 0.136. The van der Waals surface area contributed by atoms with E-state index in [1.165, 1.54) is 6.07 Å². The lowest BCUT2D eigenvalue weighted by Crippen LogP contribution is -2.23. The molecule has 1 amide bonds. The molecule has 7 nitrogen and oxygen atoms in total. The van der Waals surface area contributed by atoms with Crippen LogP contribution in [0.2, 0.25) is 0 Å². The number of aromatic nitrogens is 2. The van der Waals surface area contributed by atoms with E-state index in [0.29, 0.717) is 12.3 Å². The molecular formula is C10H15N3O4. The van der Waals surface area contributed by atoms with Crippen LogP contribution in [0.4, 0.5) is 0 Å². The number of carbonyl (C=O) groups excluding carboxylic acids is 2. The maximum atomic E-state index is 11.3. The lowest BCUT2D eigenvalue weighted by atomic mass is 10.3. The van der Waals surface area contributed by atoms with Crippen molar-refractivity contribution in [2.45, 2.75) is 26.3 Å². The van der Waals surface area contributed by atoms with Crippen LogP contribution >= 0.6 is 0 Å². The lowest BCUT2D eigenvalue weighted by molar-refractivity contribution is -0.144. The van der Waals surface area contributed by atoms with E-state index in [-0.39, 0.29) is 30.9 Å². The summed E-state index contributed by atoms with van der Waals surface area (Å²) in [6, 6.07) is 1.35. The zero-order valence-electron chi connectivity index (χ0n) is 9.54. The van der Waals surface area contributed by atoms with Crippen LogP contribution in [0, 0.1) is 0 Å². The van der Waals surface area contributed by atoms with E-state index in [9.17, 15) is 14.4 Å². The van der Waals surface area contributed by atoms with Gasteiger partial charge in [0, 0.05) is 12.5 Å². The van der Waals surface area contributed by atoms with Gasteiger partial charge in [0.1, 0.15) is 0 Å². The molecule has 0 unspecified atom stereocenters. The van der Waals surface area contributed by atoms with Gasteiger partial charge in [-0.15, -0.1) is 0 Å². The second-order valence-electron chi connectivity index (χ2n) is 3.37. The van der Waals surface area contributed by atoms with E-state index in [4.69, 9.17) is 0 Å². The largest absolute Gasteiger partial charge is 0.466 e. The summed E-state index contributed by atoms with van der Waals surface area (Å²) >= 11 is 0. The molecule has 0 saturated heterocycles. The van der Waals surface area contributed by atoms with Crippen molar-refractivity contribution < 1.29 is 14.3 Å². The number of nitrogens with one attached hydrogen (secondary N) is 3. The molecule has 0 bridgehead atoms. The highest BCUT2D eigenvalue weighted by molar-refractivity contribution is 5.81. The fraction of sp³-hybridized carbons (Fsp3) is 0.500. The van der Waals surface area contributed by atoms with E-state index in [1.807, 2.05) is 0 Å². The van der Waals surface area contributed by atoms with Crippen LogP contribution in [0.25, 0.3) is 0 Å². The van der Waals surface area contributed by atoms with Crippen LogP contribution < -0.4 is 10.9 Å². The number of amides is 1. The summed E-state index contributed by atoms with van der Waals surface area (Å²) in [5, 5.41) is 7.53. The standard InChI is InChI=1S/C10H15N3O4/c1-2-17-10(16)4-3-8(14)11-6-7-5-9(15)13-12-7/h5H,2-4,6H2,1H3,(H,11,14)(H2,12,13,15). The van der Waals surface area contributed by atoms with Gasteiger partial charge in [0.2, 0.25) is 5.91 Å². The molecule has 0 aliphatic heterocycles. The van der Waals surface area contributed by atoms with Crippen molar-refractivity contribution in [2.24, 2.45) is 0 Å². The number of rotatable bonds is 6. The molecule has 17 heavy (non-hydrogen) atoms. The molecule has 0 aliphatic carbocycles. The van der Waals surface area contributed by atoms with Gasteiger partial charge >= 0.3 is 5.97 Å². The second-order valence-corrected chi connectivity index (χ2v) is 3.37. The van der Waals surface area contributed by atoms with Crippen LogP contribution in [0.5, 0.6) is 0 Å². The number of aromatic amines is 2. The molecule has 0 saturated carbocycles. The molecule has 0 aromatic carbocycles. The second kappa shape index (κ2) is 6.51. The van der Waals surface area contributed by atoms with Gasteiger partial charge in [-0.1, -0.05) is 0 Å². The van der Waals surface area contributed by atoms with Gasteiger partial charge in [0.05, 0.1) is 25.3 Å². The van der Waals surface area contributed by atoms with E-state index >= 15 is 0 Å². The highest BCUT2D eigenvalue weighted by Gasteiger charge is 2.07. The quantitative estimate of drug-likeness (QED) is 0.593. The number of hydrogen-bond donors (Lipinski definition) is 3. The van der Waals surface area contributed by atoms with Crippen molar-refractivity contribution in [2.75, 3.05) is 6.61 Å². The van der Waals surface area contributed by atoms with E-state index in [2.05, 4.69) is 20.3 Å². The third-order valence-electron chi connectivity index (χ3n) is 1.99. The van der Waals surface area contributed by atoms with E-state index < -0.39 is 5.97 Å². The molecule has 1 heterocycles. The number of H-pyrrole nitrogens is 2. The molecule has 0 atom stereocenters. The molecule has 1 rings (SSSR count). The molecule has 0 aliphatic rings.